The molecule has 0 bridgehead atoms. The van der Waals surface area contributed by atoms with Gasteiger partial charge in [0.15, 0.2) is 5.82 Å². The largest absolute Gasteiger partial charge is 0.368 e. The van der Waals surface area contributed by atoms with Crippen LogP contribution in [-0.2, 0) is 9.59 Å². The van der Waals surface area contributed by atoms with E-state index in [2.05, 4.69) is 31.2 Å². The Morgan fingerprint density at radius 1 is 0.857 bits per heavy atom. The summed E-state index contributed by atoms with van der Waals surface area (Å²) in [7, 11) is 0. The summed E-state index contributed by atoms with van der Waals surface area (Å²) in [4.78, 5) is 32.6. The summed E-state index contributed by atoms with van der Waals surface area (Å²) in [5.41, 5.74) is 2.62. The molecule has 0 saturated heterocycles. The zero-order chi connectivity index (χ0) is 25.0. The van der Waals surface area contributed by atoms with E-state index in [9.17, 15) is 9.59 Å². The Hall–Kier alpha value is -3.91. The van der Waals surface area contributed by atoms with E-state index < -0.39 is 0 Å². The number of aromatic nitrogens is 2. The normalized spacial score (nSPS) is 10.7. The molecule has 3 aromatic rings. The number of rotatable bonds is 11. The van der Waals surface area contributed by atoms with E-state index in [0.717, 1.165) is 16.7 Å². The summed E-state index contributed by atoms with van der Waals surface area (Å²) in [6.45, 7) is 5.28. The topological polar surface area (TPSA) is 108 Å². The summed E-state index contributed by atoms with van der Waals surface area (Å²) in [5.74, 6) is 1.59. The Morgan fingerprint density at radius 3 is 2.06 bits per heavy atom. The molecule has 35 heavy (non-hydrogen) atoms. The van der Waals surface area contributed by atoms with Gasteiger partial charge < -0.3 is 21.3 Å². The standard InChI is InChI=1S/C26H29ClN6O2/c1-18-24(30-16-14-28-19(2)34)32-26(21-9-11-22(27)12-10-21)33-25(18)31-17-15-29-23(35)13-8-20-6-4-3-5-7-20/h3-13H,14-17H2,1-2H3,(H,28,34)(H,29,35)(H2,30,31,32,33)/b13-8+. The number of amides is 2. The maximum atomic E-state index is 12.1. The average molecular weight is 493 g/mol. The second-order valence-electron chi connectivity index (χ2n) is 7.75. The molecule has 4 N–H and O–H groups in total. The van der Waals surface area contributed by atoms with Gasteiger partial charge in [0.25, 0.3) is 0 Å². The molecule has 2 amide bonds. The molecule has 2 aromatic carbocycles. The molecule has 0 aliphatic rings. The minimum absolute atomic E-state index is 0.0870. The molecule has 0 unspecified atom stereocenters. The molecule has 1 aromatic heterocycles. The lowest BCUT2D eigenvalue weighted by atomic mass is 10.2. The molecule has 0 atom stereocenters. The third-order valence-electron chi connectivity index (χ3n) is 4.98. The third kappa shape index (κ3) is 8.42. The van der Waals surface area contributed by atoms with Crippen LogP contribution in [-0.4, -0.2) is 48.0 Å². The molecule has 1 heterocycles. The van der Waals surface area contributed by atoms with Crippen molar-refractivity contribution in [2.75, 3.05) is 36.8 Å². The van der Waals surface area contributed by atoms with Gasteiger partial charge in [0.2, 0.25) is 11.8 Å². The number of hydrogen-bond acceptors (Lipinski definition) is 6. The maximum absolute atomic E-state index is 12.1. The van der Waals surface area contributed by atoms with Gasteiger partial charge in [-0.25, -0.2) is 9.97 Å². The van der Waals surface area contributed by atoms with Crippen molar-refractivity contribution >= 4 is 41.1 Å². The predicted octanol–water partition coefficient (Wildman–Crippen LogP) is 3.89. The van der Waals surface area contributed by atoms with E-state index in [1.807, 2.05) is 49.4 Å². The van der Waals surface area contributed by atoms with Gasteiger partial charge in [-0.1, -0.05) is 41.9 Å². The van der Waals surface area contributed by atoms with Gasteiger partial charge in [0.1, 0.15) is 11.6 Å². The molecule has 0 saturated carbocycles. The van der Waals surface area contributed by atoms with Crippen LogP contribution in [0.5, 0.6) is 0 Å². The second kappa shape index (κ2) is 13.1. The predicted molar refractivity (Wildman–Crippen MR) is 141 cm³/mol. The first kappa shape index (κ1) is 25.7. The minimum atomic E-state index is -0.169. The highest BCUT2D eigenvalue weighted by Crippen LogP contribution is 2.26. The van der Waals surface area contributed by atoms with Gasteiger partial charge in [-0.2, -0.15) is 0 Å². The summed E-state index contributed by atoms with van der Waals surface area (Å²) in [5, 5.41) is 12.8. The quantitative estimate of drug-likeness (QED) is 0.239. The fraction of sp³-hybridized carbons (Fsp3) is 0.231. The summed E-state index contributed by atoms with van der Waals surface area (Å²) in [6, 6.07) is 16.9. The number of nitrogens with zero attached hydrogens (tertiary/aromatic N) is 2. The van der Waals surface area contributed by atoms with Crippen LogP contribution in [0, 0.1) is 6.92 Å². The van der Waals surface area contributed by atoms with Crippen molar-refractivity contribution in [3.8, 4) is 11.4 Å². The van der Waals surface area contributed by atoms with Crippen molar-refractivity contribution in [1.29, 1.82) is 0 Å². The van der Waals surface area contributed by atoms with Crippen molar-refractivity contribution in [3.63, 3.8) is 0 Å². The van der Waals surface area contributed by atoms with Crippen LogP contribution in [0.15, 0.2) is 60.7 Å². The molecule has 0 aliphatic heterocycles. The minimum Gasteiger partial charge on any atom is -0.368 e. The molecular formula is C26H29ClN6O2. The summed E-state index contributed by atoms with van der Waals surface area (Å²) >= 11 is 6.02. The smallest absolute Gasteiger partial charge is 0.244 e. The number of anilines is 2. The van der Waals surface area contributed by atoms with Crippen LogP contribution in [0.4, 0.5) is 11.6 Å². The molecule has 0 fully saturated rings. The van der Waals surface area contributed by atoms with E-state index >= 15 is 0 Å². The summed E-state index contributed by atoms with van der Waals surface area (Å²) < 4.78 is 0. The van der Waals surface area contributed by atoms with Gasteiger partial charge >= 0.3 is 0 Å². The Kier molecular flexibility index (Phi) is 9.62. The van der Waals surface area contributed by atoms with Crippen LogP contribution in [0.1, 0.15) is 18.1 Å². The SMILES string of the molecule is CC(=O)NCCNc1nc(-c2ccc(Cl)cc2)nc(NCCNC(=O)/C=C/c2ccccc2)c1C. The van der Waals surface area contributed by atoms with Crippen molar-refractivity contribution in [1.82, 2.24) is 20.6 Å². The van der Waals surface area contributed by atoms with Gasteiger partial charge in [0, 0.05) is 55.3 Å². The first-order chi connectivity index (χ1) is 16.9. The number of carbonyl (C=O) groups excluding carboxylic acids is 2. The van der Waals surface area contributed by atoms with Crippen molar-refractivity contribution in [3.05, 3.63) is 76.8 Å². The van der Waals surface area contributed by atoms with E-state index in [1.54, 1.807) is 18.2 Å². The Labute approximate surface area is 210 Å². The van der Waals surface area contributed by atoms with Crippen molar-refractivity contribution < 1.29 is 9.59 Å². The van der Waals surface area contributed by atoms with E-state index in [0.29, 0.717) is 48.7 Å². The van der Waals surface area contributed by atoms with E-state index in [1.165, 1.54) is 13.0 Å². The molecule has 0 radical (unpaired) electrons. The highest BCUT2D eigenvalue weighted by atomic mass is 35.5. The Bertz CT molecular complexity index is 1170. The van der Waals surface area contributed by atoms with Gasteiger partial charge in [-0.3, -0.25) is 9.59 Å². The van der Waals surface area contributed by atoms with Gasteiger partial charge in [0.05, 0.1) is 0 Å². The lowest BCUT2D eigenvalue weighted by molar-refractivity contribution is -0.119. The first-order valence-electron chi connectivity index (χ1n) is 11.3. The third-order valence-corrected chi connectivity index (χ3v) is 5.24. The Balaban J connectivity index is 1.64. The molecule has 9 heteroatoms. The van der Waals surface area contributed by atoms with Crippen LogP contribution in [0.2, 0.25) is 5.02 Å². The van der Waals surface area contributed by atoms with Gasteiger partial charge in [-0.15, -0.1) is 0 Å². The number of hydrogen-bond donors (Lipinski definition) is 4. The zero-order valence-corrected chi connectivity index (χ0v) is 20.5. The molecule has 0 aliphatic carbocycles. The van der Waals surface area contributed by atoms with Crippen LogP contribution in [0.25, 0.3) is 17.5 Å². The molecule has 182 valence electrons. The van der Waals surface area contributed by atoms with E-state index in [-0.39, 0.29) is 11.8 Å². The molecule has 0 spiro atoms. The van der Waals surface area contributed by atoms with Crippen LogP contribution >= 0.6 is 11.6 Å². The average Bonchev–Trinajstić information content (AvgIpc) is 2.85. The number of benzene rings is 2. The van der Waals surface area contributed by atoms with Crippen LogP contribution in [0.3, 0.4) is 0 Å². The van der Waals surface area contributed by atoms with E-state index in [4.69, 9.17) is 11.6 Å². The fourth-order valence-corrected chi connectivity index (χ4v) is 3.30. The number of carbonyl (C=O) groups is 2. The van der Waals surface area contributed by atoms with Gasteiger partial charge in [-0.05, 0) is 42.8 Å². The lowest BCUT2D eigenvalue weighted by Crippen LogP contribution is -2.28. The van der Waals surface area contributed by atoms with Crippen molar-refractivity contribution in [2.45, 2.75) is 13.8 Å². The summed E-state index contributed by atoms with van der Waals surface area (Å²) in [6.07, 6.45) is 3.29. The molecular weight excluding hydrogens is 464 g/mol. The monoisotopic (exact) mass is 492 g/mol. The number of nitrogens with one attached hydrogen (secondary N) is 4. The molecule has 8 nitrogen and oxygen atoms in total. The van der Waals surface area contributed by atoms with Crippen molar-refractivity contribution in [2.24, 2.45) is 0 Å². The van der Waals surface area contributed by atoms with Crippen LogP contribution < -0.4 is 21.3 Å². The first-order valence-corrected chi connectivity index (χ1v) is 11.7. The zero-order valence-electron chi connectivity index (χ0n) is 19.8. The maximum Gasteiger partial charge on any atom is 0.244 e. The highest BCUT2D eigenvalue weighted by Gasteiger charge is 2.12. The molecule has 3 rings (SSSR count). The Morgan fingerprint density at radius 2 is 1.46 bits per heavy atom. The second-order valence-corrected chi connectivity index (χ2v) is 8.18. The number of halogens is 1. The fourth-order valence-electron chi connectivity index (χ4n) is 3.17. The highest BCUT2D eigenvalue weighted by molar-refractivity contribution is 6.30. The lowest BCUT2D eigenvalue weighted by Gasteiger charge is -2.16.